The average Bonchev–Trinajstić information content (AvgIpc) is 2.32. The van der Waals surface area contributed by atoms with Crippen molar-refractivity contribution in [1.29, 1.82) is 0 Å². The maximum absolute atomic E-state index is 6.35. The lowest BCUT2D eigenvalue weighted by molar-refractivity contribution is 0.674. The molecule has 0 fully saturated rings. The van der Waals surface area contributed by atoms with E-state index in [4.69, 9.17) is 11.6 Å². The van der Waals surface area contributed by atoms with Crippen molar-refractivity contribution in [1.82, 2.24) is 5.32 Å². The van der Waals surface area contributed by atoms with Crippen LogP contribution in [0.2, 0.25) is 5.02 Å². The van der Waals surface area contributed by atoms with Gasteiger partial charge in [0.1, 0.15) is 0 Å². The lowest BCUT2D eigenvalue weighted by Gasteiger charge is -2.28. The summed E-state index contributed by atoms with van der Waals surface area (Å²) in [6.07, 6.45) is 1.15. The Morgan fingerprint density at radius 2 is 2.00 bits per heavy atom. The van der Waals surface area contributed by atoms with Gasteiger partial charge in [0, 0.05) is 29.8 Å². The zero-order valence-corrected chi connectivity index (χ0v) is 12.7. The third-order valence-corrected chi connectivity index (χ3v) is 3.43. The van der Waals surface area contributed by atoms with E-state index in [0.29, 0.717) is 6.04 Å². The highest BCUT2D eigenvalue weighted by Crippen LogP contribution is 2.25. The maximum atomic E-state index is 6.35. The van der Waals surface area contributed by atoms with Crippen molar-refractivity contribution >= 4 is 17.3 Å². The Bertz CT molecular complexity index is 364. The molecular weight excluding hydrogens is 244 g/mol. The van der Waals surface area contributed by atoms with E-state index in [1.165, 1.54) is 11.3 Å². The quantitative estimate of drug-likeness (QED) is 0.750. The third kappa shape index (κ3) is 4.18. The van der Waals surface area contributed by atoms with Crippen LogP contribution in [0.5, 0.6) is 0 Å². The van der Waals surface area contributed by atoms with E-state index >= 15 is 0 Å². The first-order chi connectivity index (χ1) is 8.60. The summed E-state index contributed by atoms with van der Waals surface area (Å²) in [7, 11) is 0. The van der Waals surface area contributed by atoms with E-state index in [1.54, 1.807) is 0 Å². The Morgan fingerprint density at radius 1 is 1.28 bits per heavy atom. The van der Waals surface area contributed by atoms with Gasteiger partial charge >= 0.3 is 0 Å². The largest absolute Gasteiger partial charge is 0.369 e. The minimum Gasteiger partial charge on any atom is -0.369 e. The van der Waals surface area contributed by atoms with Crippen LogP contribution in [0.15, 0.2) is 18.2 Å². The summed E-state index contributed by atoms with van der Waals surface area (Å²) >= 11 is 6.35. The molecule has 0 saturated carbocycles. The Hall–Kier alpha value is -0.730. The Balaban J connectivity index is 2.78. The van der Waals surface area contributed by atoms with Crippen molar-refractivity contribution < 1.29 is 0 Å². The monoisotopic (exact) mass is 268 g/mol. The van der Waals surface area contributed by atoms with Crippen LogP contribution in [-0.2, 0) is 6.54 Å². The van der Waals surface area contributed by atoms with Crippen LogP contribution in [0, 0.1) is 0 Å². The van der Waals surface area contributed by atoms with Crippen LogP contribution in [0.1, 0.15) is 39.7 Å². The molecule has 0 radical (unpaired) electrons. The maximum Gasteiger partial charge on any atom is 0.0471 e. The fourth-order valence-corrected chi connectivity index (χ4v) is 2.35. The van der Waals surface area contributed by atoms with E-state index in [2.05, 4.69) is 56.1 Å². The number of halogens is 1. The van der Waals surface area contributed by atoms with Crippen molar-refractivity contribution in [2.45, 2.75) is 46.7 Å². The summed E-state index contributed by atoms with van der Waals surface area (Å²) in [4.78, 5) is 2.34. The summed E-state index contributed by atoms with van der Waals surface area (Å²) in [5, 5.41) is 4.24. The van der Waals surface area contributed by atoms with Crippen molar-refractivity contribution in [3.05, 3.63) is 28.8 Å². The van der Waals surface area contributed by atoms with E-state index in [9.17, 15) is 0 Å². The highest BCUT2D eigenvalue weighted by Gasteiger charge is 2.10. The van der Waals surface area contributed by atoms with Crippen molar-refractivity contribution in [2.24, 2.45) is 0 Å². The first-order valence-corrected chi connectivity index (χ1v) is 7.23. The van der Waals surface area contributed by atoms with E-state index in [-0.39, 0.29) is 0 Å². The van der Waals surface area contributed by atoms with Crippen LogP contribution >= 0.6 is 11.6 Å². The molecule has 1 N–H and O–H groups in total. The lowest BCUT2D eigenvalue weighted by atomic mass is 10.1. The van der Waals surface area contributed by atoms with Crippen molar-refractivity contribution in [3.8, 4) is 0 Å². The first-order valence-electron chi connectivity index (χ1n) is 6.85. The number of nitrogens with zero attached hydrogens (tertiary/aromatic N) is 1. The molecule has 0 bridgehead atoms. The summed E-state index contributed by atoms with van der Waals surface area (Å²) in [5.41, 5.74) is 2.38. The molecule has 3 heteroatoms. The predicted molar refractivity (Wildman–Crippen MR) is 81.6 cm³/mol. The molecule has 0 saturated heterocycles. The summed E-state index contributed by atoms with van der Waals surface area (Å²) in [6, 6.07) is 6.87. The molecule has 0 unspecified atom stereocenters. The molecule has 0 aliphatic heterocycles. The molecule has 0 aromatic heterocycles. The second-order valence-corrected chi connectivity index (χ2v) is 5.24. The van der Waals surface area contributed by atoms with Gasteiger partial charge in [-0.3, -0.25) is 0 Å². The predicted octanol–water partition coefficient (Wildman–Crippen LogP) is 4.07. The summed E-state index contributed by atoms with van der Waals surface area (Å²) in [5.74, 6) is 0. The first kappa shape index (κ1) is 15.3. The van der Waals surface area contributed by atoms with Crippen LogP contribution < -0.4 is 10.2 Å². The van der Waals surface area contributed by atoms with Crippen LogP contribution in [-0.4, -0.2) is 19.1 Å². The smallest absolute Gasteiger partial charge is 0.0471 e. The zero-order chi connectivity index (χ0) is 13.5. The van der Waals surface area contributed by atoms with Gasteiger partial charge in [0.05, 0.1) is 0 Å². The van der Waals surface area contributed by atoms with Gasteiger partial charge in [0.15, 0.2) is 0 Å². The highest BCUT2D eigenvalue weighted by molar-refractivity contribution is 6.31. The molecule has 0 atom stereocenters. The van der Waals surface area contributed by atoms with Gasteiger partial charge in [-0.25, -0.2) is 0 Å². The molecule has 0 aliphatic carbocycles. The van der Waals surface area contributed by atoms with Gasteiger partial charge in [0.2, 0.25) is 0 Å². The van der Waals surface area contributed by atoms with E-state index in [0.717, 1.165) is 31.1 Å². The summed E-state index contributed by atoms with van der Waals surface area (Å²) < 4.78 is 0. The van der Waals surface area contributed by atoms with E-state index < -0.39 is 0 Å². The fourth-order valence-electron chi connectivity index (χ4n) is 2.10. The zero-order valence-electron chi connectivity index (χ0n) is 12.0. The highest BCUT2D eigenvalue weighted by atomic mass is 35.5. The molecule has 1 aromatic rings. The fraction of sp³-hybridized carbons (Fsp3) is 0.600. The molecule has 1 rings (SSSR count). The van der Waals surface area contributed by atoms with Crippen molar-refractivity contribution in [2.75, 3.05) is 18.0 Å². The average molecular weight is 269 g/mol. The van der Waals surface area contributed by atoms with Crippen LogP contribution in [0.4, 0.5) is 5.69 Å². The van der Waals surface area contributed by atoms with Gasteiger partial charge in [-0.05, 0) is 51.4 Å². The second-order valence-electron chi connectivity index (χ2n) is 4.83. The molecule has 0 heterocycles. The topological polar surface area (TPSA) is 15.3 Å². The molecule has 0 amide bonds. The van der Waals surface area contributed by atoms with Crippen LogP contribution in [0.3, 0.4) is 0 Å². The van der Waals surface area contributed by atoms with Gasteiger partial charge in [-0.2, -0.15) is 0 Å². The van der Waals surface area contributed by atoms with Gasteiger partial charge < -0.3 is 10.2 Å². The van der Waals surface area contributed by atoms with Gasteiger partial charge in [0.25, 0.3) is 0 Å². The molecule has 0 aliphatic rings. The molecule has 102 valence electrons. The number of nitrogens with one attached hydrogen (secondary N) is 1. The number of hydrogen-bond donors (Lipinski definition) is 1. The molecular formula is C15H25ClN2. The minimum absolute atomic E-state index is 0.495. The normalized spacial score (nSPS) is 11.0. The van der Waals surface area contributed by atoms with Crippen LogP contribution in [0.25, 0.3) is 0 Å². The SMILES string of the molecule is CCCNCc1ccc(N(CC)C(C)C)cc1Cl. The molecule has 1 aromatic carbocycles. The van der Waals surface area contributed by atoms with Gasteiger partial charge in [-0.15, -0.1) is 0 Å². The standard InChI is InChI=1S/C15H25ClN2/c1-5-9-17-11-13-7-8-14(10-15(13)16)18(6-2)12(3)4/h7-8,10,12,17H,5-6,9,11H2,1-4H3. The minimum atomic E-state index is 0.495. The van der Waals surface area contributed by atoms with Crippen molar-refractivity contribution in [3.63, 3.8) is 0 Å². The Morgan fingerprint density at radius 3 is 2.50 bits per heavy atom. The number of hydrogen-bond acceptors (Lipinski definition) is 2. The Labute approximate surface area is 116 Å². The molecule has 18 heavy (non-hydrogen) atoms. The summed E-state index contributed by atoms with van der Waals surface area (Å²) in [6.45, 7) is 11.6. The number of benzene rings is 1. The molecule has 2 nitrogen and oxygen atoms in total. The number of anilines is 1. The Kier molecular flexibility index (Phi) is 6.51. The molecule has 0 spiro atoms. The van der Waals surface area contributed by atoms with Gasteiger partial charge in [-0.1, -0.05) is 24.6 Å². The third-order valence-electron chi connectivity index (χ3n) is 3.07. The lowest BCUT2D eigenvalue weighted by Crippen LogP contribution is -2.30. The number of rotatable bonds is 7. The second kappa shape index (κ2) is 7.65. The van der Waals surface area contributed by atoms with E-state index in [1.807, 2.05) is 0 Å².